The summed E-state index contributed by atoms with van der Waals surface area (Å²) in [7, 11) is 2.52. The minimum absolute atomic E-state index is 0.00560. The molecule has 0 aliphatic heterocycles. The Morgan fingerprint density at radius 2 is 0.676 bits per heavy atom. The van der Waals surface area contributed by atoms with Crippen molar-refractivity contribution in [1.82, 2.24) is 0 Å². The highest BCUT2D eigenvalue weighted by Gasteiger charge is 2.29. The Labute approximate surface area is 206 Å². The highest BCUT2D eigenvalue weighted by atomic mass is 31.1. The second-order valence-corrected chi connectivity index (χ2v) is 12.6. The van der Waals surface area contributed by atoms with Crippen molar-refractivity contribution >= 4 is 37.1 Å². The zero-order chi connectivity index (χ0) is 23.6. The van der Waals surface area contributed by atoms with E-state index in [-0.39, 0.29) is 12.2 Å². The molecule has 4 heteroatoms. The van der Waals surface area contributed by atoms with E-state index in [1.165, 1.54) is 21.2 Å². The van der Waals surface area contributed by atoms with Gasteiger partial charge in [-0.25, -0.2) is 0 Å². The second-order valence-electron chi connectivity index (χ2n) is 8.11. The lowest BCUT2D eigenvalue weighted by Gasteiger charge is -2.32. The predicted molar refractivity (Wildman–Crippen MR) is 149 cm³/mol. The van der Waals surface area contributed by atoms with Crippen LogP contribution in [-0.4, -0.2) is 38.8 Å². The van der Waals surface area contributed by atoms with E-state index >= 15 is 0 Å². The molecule has 0 radical (unpaired) electrons. The molecule has 0 saturated carbocycles. The third-order valence-corrected chi connectivity index (χ3v) is 11.2. The van der Waals surface area contributed by atoms with Crippen LogP contribution in [0.4, 0.5) is 0 Å². The van der Waals surface area contributed by atoms with E-state index < -0.39 is 15.8 Å². The van der Waals surface area contributed by atoms with Gasteiger partial charge in [0, 0.05) is 26.5 Å². The zero-order valence-corrected chi connectivity index (χ0v) is 21.6. The van der Waals surface area contributed by atoms with Gasteiger partial charge in [0.25, 0.3) is 0 Å². The maximum Gasteiger partial charge on any atom is 0.0881 e. The normalized spacial score (nSPS) is 13.2. The summed E-state index contributed by atoms with van der Waals surface area (Å²) < 4.78 is 12.3. The van der Waals surface area contributed by atoms with E-state index in [9.17, 15) is 0 Å². The topological polar surface area (TPSA) is 18.5 Å². The van der Waals surface area contributed by atoms with Crippen LogP contribution in [0.3, 0.4) is 0 Å². The highest BCUT2D eigenvalue weighted by Crippen LogP contribution is 2.39. The molecule has 0 aromatic heterocycles. The standard InChI is InChI=1S/C30H32O2P2/c1-31-29(23-33(25-15-7-3-8-16-25)26-17-9-4-10-18-26)30(32-2)24-34(27-19-11-5-12-20-27)28-21-13-6-14-22-28/h3-22,29-30H,23-24H2,1-2H3/t29-,30-/m0/s1. The van der Waals surface area contributed by atoms with E-state index in [0.29, 0.717) is 0 Å². The molecule has 4 rings (SSSR count). The highest BCUT2D eigenvalue weighted by molar-refractivity contribution is 7.73. The molecule has 2 nitrogen and oxygen atoms in total. The minimum atomic E-state index is -0.566. The lowest BCUT2D eigenvalue weighted by molar-refractivity contribution is -0.0113. The number of rotatable bonds is 11. The largest absolute Gasteiger partial charge is 0.378 e. The number of benzene rings is 4. The fourth-order valence-electron chi connectivity index (χ4n) is 4.20. The summed E-state index contributed by atoms with van der Waals surface area (Å²) >= 11 is 0. The molecule has 34 heavy (non-hydrogen) atoms. The summed E-state index contributed by atoms with van der Waals surface area (Å²) in [6.45, 7) is 0. The summed E-state index contributed by atoms with van der Waals surface area (Å²) in [6, 6.07) is 43.3. The number of ether oxygens (including phenoxy) is 2. The molecule has 174 valence electrons. The summed E-state index contributed by atoms with van der Waals surface area (Å²) in [5.41, 5.74) is 0. The minimum Gasteiger partial charge on any atom is -0.378 e. The van der Waals surface area contributed by atoms with Crippen molar-refractivity contribution in [3.05, 3.63) is 121 Å². The molecule has 0 aliphatic rings. The van der Waals surface area contributed by atoms with Gasteiger partial charge in [0.15, 0.2) is 0 Å². The third kappa shape index (κ3) is 6.41. The van der Waals surface area contributed by atoms with Crippen LogP contribution in [0.15, 0.2) is 121 Å². The second kappa shape index (κ2) is 12.9. The first-order chi connectivity index (χ1) is 16.8. The average Bonchev–Trinajstić information content (AvgIpc) is 2.92. The Balaban J connectivity index is 1.62. The van der Waals surface area contributed by atoms with Crippen molar-refractivity contribution in [3.63, 3.8) is 0 Å². The Morgan fingerprint density at radius 3 is 0.882 bits per heavy atom. The number of hydrogen-bond donors (Lipinski definition) is 0. The average molecular weight is 487 g/mol. The van der Waals surface area contributed by atoms with E-state index in [2.05, 4.69) is 121 Å². The fraction of sp³-hybridized carbons (Fsp3) is 0.200. The smallest absolute Gasteiger partial charge is 0.0881 e. The van der Waals surface area contributed by atoms with Crippen molar-refractivity contribution in [1.29, 1.82) is 0 Å². The summed E-state index contributed by atoms with van der Waals surface area (Å²) in [6.07, 6.45) is 1.83. The van der Waals surface area contributed by atoms with Crippen LogP contribution in [0.1, 0.15) is 0 Å². The van der Waals surface area contributed by atoms with Crippen LogP contribution in [0.5, 0.6) is 0 Å². The van der Waals surface area contributed by atoms with Gasteiger partial charge in [-0.1, -0.05) is 121 Å². The quantitative estimate of drug-likeness (QED) is 0.269. The van der Waals surface area contributed by atoms with Crippen LogP contribution in [0.2, 0.25) is 0 Å². The van der Waals surface area contributed by atoms with Crippen molar-refractivity contribution in [2.45, 2.75) is 12.2 Å². The van der Waals surface area contributed by atoms with E-state index in [1.54, 1.807) is 0 Å². The molecule has 4 aromatic rings. The molecule has 0 fully saturated rings. The maximum atomic E-state index is 6.15. The van der Waals surface area contributed by atoms with E-state index in [1.807, 2.05) is 14.2 Å². The van der Waals surface area contributed by atoms with Crippen LogP contribution in [0.25, 0.3) is 0 Å². The summed E-state index contributed by atoms with van der Waals surface area (Å²) in [5.74, 6) is 0. The van der Waals surface area contributed by atoms with Gasteiger partial charge in [-0.15, -0.1) is 0 Å². The van der Waals surface area contributed by atoms with Gasteiger partial charge in [0.2, 0.25) is 0 Å². The molecule has 0 bridgehead atoms. The first kappa shape index (κ1) is 24.8. The Bertz CT molecular complexity index is 922. The molecular formula is C30H32O2P2. The number of hydrogen-bond acceptors (Lipinski definition) is 2. The molecule has 0 spiro atoms. The molecule has 0 amide bonds. The summed E-state index contributed by atoms with van der Waals surface area (Å²) in [5, 5.41) is 5.48. The number of methoxy groups -OCH3 is 2. The van der Waals surface area contributed by atoms with Gasteiger partial charge >= 0.3 is 0 Å². The first-order valence-corrected chi connectivity index (χ1v) is 14.7. The molecule has 0 saturated heterocycles. The van der Waals surface area contributed by atoms with Crippen molar-refractivity contribution in [3.8, 4) is 0 Å². The van der Waals surface area contributed by atoms with Crippen LogP contribution >= 0.6 is 15.8 Å². The van der Waals surface area contributed by atoms with Crippen LogP contribution in [-0.2, 0) is 9.47 Å². The van der Waals surface area contributed by atoms with Crippen LogP contribution in [0, 0.1) is 0 Å². The zero-order valence-electron chi connectivity index (χ0n) is 19.8. The Morgan fingerprint density at radius 1 is 0.441 bits per heavy atom. The van der Waals surface area contributed by atoms with Gasteiger partial charge in [-0.2, -0.15) is 0 Å². The SMILES string of the molecule is CO[C@@H](CP(c1ccccc1)c1ccccc1)[C@H](CP(c1ccccc1)c1ccccc1)OC. The first-order valence-electron chi connectivity index (χ1n) is 11.6. The lowest BCUT2D eigenvalue weighted by Crippen LogP contribution is -2.38. The Kier molecular flexibility index (Phi) is 9.43. The molecule has 2 atom stereocenters. The molecule has 0 aliphatic carbocycles. The van der Waals surface area contributed by atoms with Gasteiger partial charge in [0.05, 0.1) is 12.2 Å². The summed E-state index contributed by atoms with van der Waals surface area (Å²) in [4.78, 5) is 0. The lowest BCUT2D eigenvalue weighted by atomic mass is 10.2. The van der Waals surface area contributed by atoms with Crippen LogP contribution < -0.4 is 21.2 Å². The predicted octanol–water partition coefficient (Wildman–Crippen LogP) is 5.28. The van der Waals surface area contributed by atoms with Gasteiger partial charge in [-0.05, 0) is 37.1 Å². The molecular weight excluding hydrogens is 454 g/mol. The van der Waals surface area contributed by atoms with Gasteiger partial charge in [0.1, 0.15) is 0 Å². The Hall–Kier alpha value is -2.34. The third-order valence-electron chi connectivity index (χ3n) is 6.02. The molecule has 0 N–H and O–H groups in total. The van der Waals surface area contributed by atoms with E-state index in [0.717, 1.165) is 12.3 Å². The fourth-order valence-corrected chi connectivity index (χ4v) is 9.26. The molecule has 0 heterocycles. The molecule has 4 aromatic carbocycles. The van der Waals surface area contributed by atoms with Crippen molar-refractivity contribution < 1.29 is 9.47 Å². The van der Waals surface area contributed by atoms with Gasteiger partial charge < -0.3 is 9.47 Å². The molecule has 0 unspecified atom stereocenters. The van der Waals surface area contributed by atoms with E-state index in [4.69, 9.17) is 9.47 Å². The van der Waals surface area contributed by atoms with Crippen molar-refractivity contribution in [2.24, 2.45) is 0 Å². The monoisotopic (exact) mass is 486 g/mol. The maximum absolute atomic E-state index is 6.15. The van der Waals surface area contributed by atoms with Gasteiger partial charge in [-0.3, -0.25) is 0 Å². The van der Waals surface area contributed by atoms with Crippen molar-refractivity contribution in [2.75, 3.05) is 26.5 Å².